The van der Waals surface area contributed by atoms with Gasteiger partial charge >= 0.3 is 0 Å². The number of nitrogens with zero attached hydrogens (tertiary/aromatic N) is 4. The van der Waals surface area contributed by atoms with Crippen LogP contribution in [0.1, 0.15) is 37.8 Å². The van der Waals surface area contributed by atoms with Crippen LogP contribution < -0.4 is 10.2 Å². The van der Waals surface area contributed by atoms with Crippen LogP contribution in [0.25, 0.3) is 0 Å². The number of aromatic nitrogens is 2. The van der Waals surface area contributed by atoms with E-state index in [2.05, 4.69) is 38.4 Å². The lowest BCUT2D eigenvalue weighted by atomic mass is 9.92. The maximum Gasteiger partial charge on any atom is 0.223 e. The second kappa shape index (κ2) is 7.91. The van der Waals surface area contributed by atoms with Crippen LogP contribution in [0.2, 0.25) is 0 Å². The highest BCUT2D eigenvalue weighted by molar-refractivity contribution is 5.78. The minimum absolute atomic E-state index is 0.146. The number of carbonyl (C=O) groups is 1. The Morgan fingerprint density at radius 1 is 1.25 bits per heavy atom. The van der Waals surface area contributed by atoms with Gasteiger partial charge in [0.05, 0.1) is 0 Å². The lowest BCUT2D eigenvalue weighted by molar-refractivity contribution is -0.125. The van der Waals surface area contributed by atoms with Crippen LogP contribution in [0, 0.1) is 23.2 Å². The predicted octanol–water partition coefficient (Wildman–Crippen LogP) is 2.04. The molecule has 1 aliphatic heterocycles. The second-order valence-corrected chi connectivity index (χ2v) is 6.50. The molecule has 6 nitrogen and oxygen atoms in total. The number of nitrogens with one attached hydrogen (secondary N) is 1. The summed E-state index contributed by atoms with van der Waals surface area (Å²) in [4.78, 5) is 22.7. The minimum atomic E-state index is 0.146. The third-order valence-corrected chi connectivity index (χ3v) is 4.90. The van der Waals surface area contributed by atoms with E-state index in [1.54, 1.807) is 12.4 Å². The Morgan fingerprint density at radius 3 is 2.75 bits per heavy atom. The topological polar surface area (TPSA) is 81.9 Å². The summed E-state index contributed by atoms with van der Waals surface area (Å²) >= 11 is 0. The zero-order valence-corrected chi connectivity index (χ0v) is 13.8. The molecule has 1 aromatic heterocycles. The zero-order chi connectivity index (χ0) is 16.8. The van der Waals surface area contributed by atoms with Gasteiger partial charge in [0.15, 0.2) is 11.5 Å². The first-order valence-corrected chi connectivity index (χ1v) is 8.66. The van der Waals surface area contributed by atoms with E-state index in [0.29, 0.717) is 17.4 Å². The van der Waals surface area contributed by atoms with Crippen molar-refractivity contribution in [2.75, 3.05) is 24.5 Å². The van der Waals surface area contributed by atoms with Crippen LogP contribution >= 0.6 is 0 Å². The molecule has 0 spiro atoms. The molecule has 1 aromatic rings. The molecule has 3 rings (SSSR count). The molecule has 6 heteroatoms. The lowest BCUT2D eigenvalue weighted by Crippen LogP contribution is -2.40. The van der Waals surface area contributed by atoms with Crippen LogP contribution in [0.3, 0.4) is 0 Å². The van der Waals surface area contributed by atoms with Gasteiger partial charge in [-0.2, -0.15) is 5.26 Å². The second-order valence-electron chi connectivity index (χ2n) is 6.50. The molecule has 0 saturated carbocycles. The summed E-state index contributed by atoms with van der Waals surface area (Å²) in [6, 6.07) is 2.10. The Kier molecular flexibility index (Phi) is 5.42. The Labute approximate surface area is 142 Å². The number of hydrogen-bond donors (Lipinski definition) is 1. The number of hydrogen-bond acceptors (Lipinski definition) is 5. The number of nitriles is 1. The first kappa shape index (κ1) is 16.4. The van der Waals surface area contributed by atoms with E-state index in [1.165, 1.54) is 0 Å². The molecule has 1 unspecified atom stereocenters. The standard InChI is InChI=1S/C18H23N5O/c19-12-16-17(21-9-8-20-16)23-10-6-14(7-11-23)13-22-18(24)15-4-2-1-3-5-15/h1-2,8-9,14-15H,3-7,10-11,13H2,(H,22,24). The van der Waals surface area contributed by atoms with E-state index in [-0.39, 0.29) is 11.8 Å². The van der Waals surface area contributed by atoms with Crippen molar-refractivity contribution in [2.24, 2.45) is 11.8 Å². The Bertz CT molecular complexity index is 643. The average molecular weight is 325 g/mol. The summed E-state index contributed by atoms with van der Waals surface area (Å²) in [5.41, 5.74) is 0.384. The normalized spacial score (nSPS) is 21.3. The zero-order valence-electron chi connectivity index (χ0n) is 13.8. The first-order chi connectivity index (χ1) is 11.8. The lowest BCUT2D eigenvalue weighted by Gasteiger charge is -2.33. The molecule has 1 atom stereocenters. The fraction of sp³-hybridized carbons (Fsp3) is 0.556. The van der Waals surface area contributed by atoms with Crippen molar-refractivity contribution in [3.8, 4) is 6.07 Å². The summed E-state index contributed by atoms with van der Waals surface area (Å²) in [7, 11) is 0. The summed E-state index contributed by atoms with van der Waals surface area (Å²) in [6.45, 7) is 2.44. The molecule has 0 bridgehead atoms. The molecular formula is C18H23N5O. The molecule has 1 N–H and O–H groups in total. The van der Waals surface area contributed by atoms with Crippen molar-refractivity contribution >= 4 is 11.7 Å². The van der Waals surface area contributed by atoms with Crippen LogP contribution in [0.4, 0.5) is 5.82 Å². The molecule has 126 valence electrons. The van der Waals surface area contributed by atoms with E-state index in [9.17, 15) is 4.79 Å². The Hall–Kier alpha value is -2.42. The molecule has 2 aliphatic rings. The van der Waals surface area contributed by atoms with Gasteiger partial charge in [-0.15, -0.1) is 0 Å². The van der Waals surface area contributed by atoms with Gasteiger partial charge in [-0.3, -0.25) is 4.79 Å². The van der Waals surface area contributed by atoms with Crippen LogP contribution in [0.5, 0.6) is 0 Å². The fourth-order valence-corrected chi connectivity index (χ4v) is 3.41. The average Bonchev–Trinajstić information content (AvgIpc) is 2.67. The predicted molar refractivity (Wildman–Crippen MR) is 91.2 cm³/mol. The van der Waals surface area contributed by atoms with E-state index in [0.717, 1.165) is 51.7 Å². The van der Waals surface area contributed by atoms with Gasteiger partial charge in [0.2, 0.25) is 5.91 Å². The molecule has 2 heterocycles. The van der Waals surface area contributed by atoms with E-state index in [1.807, 2.05) is 0 Å². The number of anilines is 1. The third kappa shape index (κ3) is 3.91. The highest BCUT2D eigenvalue weighted by Crippen LogP contribution is 2.23. The highest BCUT2D eigenvalue weighted by atomic mass is 16.1. The summed E-state index contributed by atoms with van der Waals surface area (Å²) in [6.07, 6.45) is 12.3. The number of piperidine rings is 1. The Morgan fingerprint density at radius 2 is 2.04 bits per heavy atom. The molecule has 1 aliphatic carbocycles. The molecule has 24 heavy (non-hydrogen) atoms. The molecule has 1 saturated heterocycles. The van der Waals surface area contributed by atoms with Crippen molar-refractivity contribution in [1.29, 1.82) is 5.26 Å². The molecule has 1 fully saturated rings. The number of allylic oxidation sites excluding steroid dienone is 2. The maximum atomic E-state index is 12.2. The van der Waals surface area contributed by atoms with Crippen molar-refractivity contribution in [3.63, 3.8) is 0 Å². The smallest absolute Gasteiger partial charge is 0.223 e. The largest absolute Gasteiger partial charge is 0.356 e. The number of rotatable bonds is 4. The van der Waals surface area contributed by atoms with Crippen molar-refractivity contribution < 1.29 is 4.79 Å². The minimum Gasteiger partial charge on any atom is -0.356 e. The first-order valence-electron chi connectivity index (χ1n) is 8.66. The van der Waals surface area contributed by atoms with Gasteiger partial charge in [-0.05, 0) is 38.0 Å². The van der Waals surface area contributed by atoms with Gasteiger partial charge < -0.3 is 10.2 Å². The van der Waals surface area contributed by atoms with E-state index in [4.69, 9.17) is 5.26 Å². The fourth-order valence-electron chi connectivity index (χ4n) is 3.41. The van der Waals surface area contributed by atoms with E-state index >= 15 is 0 Å². The quantitative estimate of drug-likeness (QED) is 0.857. The van der Waals surface area contributed by atoms with Gasteiger partial charge in [0.1, 0.15) is 6.07 Å². The monoisotopic (exact) mass is 325 g/mol. The van der Waals surface area contributed by atoms with Gasteiger partial charge in [0.25, 0.3) is 0 Å². The van der Waals surface area contributed by atoms with Gasteiger partial charge in [0, 0.05) is 37.9 Å². The van der Waals surface area contributed by atoms with Crippen molar-refractivity contribution in [1.82, 2.24) is 15.3 Å². The van der Waals surface area contributed by atoms with Crippen LogP contribution in [-0.4, -0.2) is 35.5 Å². The van der Waals surface area contributed by atoms with Crippen molar-refractivity contribution in [3.05, 3.63) is 30.2 Å². The number of carbonyl (C=O) groups excluding carboxylic acids is 1. The summed E-state index contributed by atoms with van der Waals surface area (Å²) in [5.74, 6) is 1.51. The van der Waals surface area contributed by atoms with Crippen LogP contribution in [0.15, 0.2) is 24.5 Å². The van der Waals surface area contributed by atoms with Gasteiger partial charge in [-0.25, -0.2) is 9.97 Å². The molecule has 0 aromatic carbocycles. The summed E-state index contributed by atoms with van der Waals surface area (Å²) in [5, 5.41) is 12.3. The van der Waals surface area contributed by atoms with Crippen molar-refractivity contribution in [2.45, 2.75) is 32.1 Å². The van der Waals surface area contributed by atoms with E-state index < -0.39 is 0 Å². The number of amides is 1. The maximum absolute atomic E-state index is 12.2. The van der Waals surface area contributed by atoms with Gasteiger partial charge in [-0.1, -0.05) is 12.2 Å². The molecule has 0 radical (unpaired) electrons. The summed E-state index contributed by atoms with van der Waals surface area (Å²) < 4.78 is 0. The SMILES string of the molecule is N#Cc1nccnc1N1CCC(CNC(=O)C2CC=CCC2)CC1. The molecule has 1 amide bonds. The molecular weight excluding hydrogens is 302 g/mol. The Balaban J connectivity index is 1.46. The highest BCUT2D eigenvalue weighted by Gasteiger charge is 2.24. The third-order valence-electron chi connectivity index (χ3n) is 4.90. The van der Waals surface area contributed by atoms with Crippen LogP contribution in [-0.2, 0) is 4.79 Å².